The quantitative estimate of drug-likeness (QED) is 0.179. The van der Waals surface area contributed by atoms with E-state index >= 15 is 0 Å². The van der Waals surface area contributed by atoms with Crippen molar-refractivity contribution in [2.75, 3.05) is 9.80 Å². The van der Waals surface area contributed by atoms with Crippen LogP contribution in [0.25, 0.3) is 10.9 Å². The molecule has 0 unspecified atom stereocenters. The molecule has 0 fully saturated rings. The third-order valence-electron chi connectivity index (χ3n) is 7.00. The molecule has 0 N–H and O–H groups in total. The number of para-hydroxylation sites is 3. The Bertz CT molecular complexity index is 1690. The van der Waals surface area contributed by atoms with E-state index in [4.69, 9.17) is 6.57 Å². The van der Waals surface area contributed by atoms with Gasteiger partial charge in [0.05, 0.1) is 12.6 Å². The van der Waals surface area contributed by atoms with Crippen LogP contribution in [-0.4, -0.2) is 0 Å². The molecule has 0 atom stereocenters. The van der Waals surface area contributed by atoms with Crippen LogP contribution in [0.3, 0.4) is 0 Å². The fourth-order valence-electron chi connectivity index (χ4n) is 4.96. The smallest absolute Gasteiger partial charge is 0.269 e. The van der Waals surface area contributed by atoms with Crippen molar-refractivity contribution in [3.8, 4) is 6.07 Å². The van der Waals surface area contributed by atoms with Gasteiger partial charge in [0, 0.05) is 39.6 Å². The van der Waals surface area contributed by atoms with Crippen molar-refractivity contribution < 1.29 is 0 Å². The molecule has 0 saturated heterocycles. The number of benzene rings is 4. The molecule has 204 valence electrons. The number of allylic oxidation sites excluding steroid dienone is 6. The fourth-order valence-corrected chi connectivity index (χ4v) is 4.96. The lowest BCUT2D eigenvalue weighted by atomic mass is 9.86. The summed E-state index contributed by atoms with van der Waals surface area (Å²) in [4.78, 5) is 7.95. The number of nitriles is 1. The Hall–Kier alpha value is -5.58. The fraction of sp³-hybridized carbons (Fsp3) is 0.105. The molecule has 4 aromatic rings. The molecule has 4 nitrogen and oxygen atoms in total. The lowest BCUT2D eigenvalue weighted by Crippen LogP contribution is -2.31. The summed E-state index contributed by atoms with van der Waals surface area (Å²) >= 11 is 0. The molecule has 1 aliphatic rings. The van der Waals surface area contributed by atoms with E-state index in [0.717, 1.165) is 39.7 Å². The predicted octanol–water partition coefficient (Wildman–Crippen LogP) is 10.2. The Balaban J connectivity index is 1.54. The molecule has 0 amide bonds. The second-order valence-corrected chi connectivity index (χ2v) is 11.0. The molecule has 0 aromatic heterocycles. The average Bonchev–Trinajstić information content (AvgIpc) is 3.02. The highest BCUT2D eigenvalue weighted by molar-refractivity contribution is 5.77. The SMILES string of the molecule is [C-]#[N+]/C(C#N)=C1C=C(/C=C/c2ccc(N(c3ccccc3)c3ccccc3)cc2)N(c2ccccc2)C(C(C)(C)C)=C/1. The first-order valence-corrected chi connectivity index (χ1v) is 13.9. The molecule has 0 aliphatic carbocycles. The molecular weight excluding hydrogens is 512 g/mol. The van der Waals surface area contributed by atoms with E-state index in [1.807, 2.05) is 66.7 Å². The number of rotatable bonds is 6. The van der Waals surface area contributed by atoms with Crippen molar-refractivity contribution in [1.82, 2.24) is 0 Å². The van der Waals surface area contributed by atoms with Gasteiger partial charge in [-0.15, -0.1) is 0 Å². The Morgan fingerprint density at radius 1 is 0.738 bits per heavy atom. The van der Waals surface area contributed by atoms with Gasteiger partial charge in [0.2, 0.25) is 0 Å². The highest BCUT2D eigenvalue weighted by Crippen LogP contribution is 2.40. The van der Waals surface area contributed by atoms with Crippen molar-refractivity contribution in [2.24, 2.45) is 5.41 Å². The summed E-state index contributed by atoms with van der Waals surface area (Å²) < 4.78 is 0. The van der Waals surface area contributed by atoms with E-state index in [9.17, 15) is 5.26 Å². The van der Waals surface area contributed by atoms with Crippen LogP contribution in [-0.2, 0) is 0 Å². The summed E-state index contributed by atoms with van der Waals surface area (Å²) in [5.74, 6) is 0. The Labute approximate surface area is 248 Å². The van der Waals surface area contributed by atoms with Gasteiger partial charge in [-0.2, -0.15) is 0 Å². The molecule has 1 aliphatic heterocycles. The molecule has 0 radical (unpaired) electrons. The second kappa shape index (κ2) is 12.3. The van der Waals surface area contributed by atoms with Crippen LogP contribution in [0.2, 0.25) is 0 Å². The number of hydrogen-bond acceptors (Lipinski definition) is 3. The number of anilines is 4. The van der Waals surface area contributed by atoms with Gasteiger partial charge in [0.25, 0.3) is 5.70 Å². The van der Waals surface area contributed by atoms with Gasteiger partial charge in [-0.1, -0.05) is 93.6 Å². The van der Waals surface area contributed by atoms with Gasteiger partial charge in [0.1, 0.15) is 0 Å². The average molecular weight is 545 g/mol. The molecule has 1 heterocycles. The summed E-state index contributed by atoms with van der Waals surface area (Å²) in [6.45, 7) is 14.0. The van der Waals surface area contributed by atoms with Crippen LogP contribution in [0.4, 0.5) is 22.7 Å². The van der Waals surface area contributed by atoms with Crippen molar-refractivity contribution in [3.63, 3.8) is 0 Å². The first kappa shape index (κ1) is 28.0. The van der Waals surface area contributed by atoms with Gasteiger partial charge in [-0.25, -0.2) is 10.1 Å². The van der Waals surface area contributed by atoms with Gasteiger partial charge >= 0.3 is 0 Å². The molecular formula is C38H32N4. The van der Waals surface area contributed by atoms with Crippen LogP contribution >= 0.6 is 0 Å². The Morgan fingerprint density at radius 2 is 1.26 bits per heavy atom. The third kappa shape index (κ3) is 6.09. The normalized spacial score (nSPS) is 14.5. The van der Waals surface area contributed by atoms with Crippen LogP contribution in [0.15, 0.2) is 156 Å². The predicted molar refractivity (Wildman–Crippen MR) is 174 cm³/mol. The zero-order valence-electron chi connectivity index (χ0n) is 24.1. The monoisotopic (exact) mass is 544 g/mol. The van der Waals surface area contributed by atoms with Gasteiger partial charge in [-0.3, -0.25) is 0 Å². The Kier molecular flexibility index (Phi) is 8.19. The maximum Gasteiger partial charge on any atom is 0.269 e. The van der Waals surface area contributed by atoms with Crippen molar-refractivity contribution in [1.29, 1.82) is 5.26 Å². The molecule has 4 heteroatoms. The maximum atomic E-state index is 9.66. The zero-order valence-corrected chi connectivity index (χ0v) is 24.1. The summed E-state index contributed by atoms with van der Waals surface area (Å²) in [5.41, 5.74) is 7.67. The van der Waals surface area contributed by atoms with E-state index in [1.54, 1.807) is 0 Å². The van der Waals surface area contributed by atoms with Crippen LogP contribution in [0.1, 0.15) is 26.3 Å². The molecule has 0 saturated carbocycles. The summed E-state index contributed by atoms with van der Waals surface area (Å²) in [6.07, 6.45) is 8.04. The van der Waals surface area contributed by atoms with Gasteiger partial charge < -0.3 is 9.80 Å². The largest absolute Gasteiger partial charge is 0.314 e. The van der Waals surface area contributed by atoms with E-state index in [1.165, 1.54) is 0 Å². The summed E-state index contributed by atoms with van der Waals surface area (Å²) in [7, 11) is 0. The lowest BCUT2D eigenvalue weighted by molar-refractivity contribution is 0.490. The van der Waals surface area contributed by atoms with Gasteiger partial charge in [0.15, 0.2) is 0 Å². The van der Waals surface area contributed by atoms with Gasteiger partial charge in [-0.05, 0) is 77.9 Å². The van der Waals surface area contributed by atoms with E-state index in [0.29, 0.717) is 5.57 Å². The number of hydrogen-bond donors (Lipinski definition) is 0. The minimum absolute atomic E-state index is 0.0848. The molecule has 0 bridgehead atoms. The molecule has 4 aromatic carbocycles. The highest BCUT2D eigenvalue weighted by atomic mass is 15.2. The zero-order chi connectivity index (χ0) is 29.5. The van der Waals surface area contributed by atoms with Crippen molar-refractivity contribution in [3.05, 3.63) is 173 Å². The van der Waals surface area contributed by atoms with E-state index in [2.05, 4.69) is 114 Å². The summed E-state index contributed by atoms with van der Waals surface area (Å²) in [5, 5.41) is 9.66. The highest BCUT2D eigenvalue weighted by Gasteiger charge is 2.29. The van der Waals surface area contributed by atoms with E-state index in [-0.39, 0.29) is 11.1 Å². The third-order valence-corrected chi connectivity index (χ3v) is 7.00. The van der Waals surface area contributed by atoms with Crippen LogP contribution in [0, 0.1) is 23.3 Å². The second-order valence-electron chi connectivity index (χ2n) is 11.0. The standard InChI is InChI=1S/C38H32N4/c1-38(2,3)37-27-30(36(28-39)40-4)26-35(42(37)33-18-12-7-13-19-33)25-22-29-20-23-34(24-21-29)41(31-14-8-5-9-15-31)32-16-10-6-11-17-32/h5-27H,1-3H3/b25-22+,36-30-. The first-order valence-electron chi connectivity index (χ1n) is 13.9. The Morgan fingerprint density at radius 3 is 1.76 bits per heavy atom. The molecule has 5 rings (SSSR count). The van der Waals surface area contributed by atoms with E-state index < -0.39 is 0 Å². The van der Waals surface area contributed by atoms with Crippen LogP contribution in [0.5, 0.6) is 0 Å². The first-order chi connectivity index (χ1) is 20.4. The topological polar surface area (TPSA) is 34.6 Å². The number of nitrogens with zero attached hydrogens (tertiary/aromatic N) is 4. The van der Waals surface area contributed by atoms with Crippen LogP contribution < -0.4 is 9.80 Å². The lowest BCUT2D eigenvalue weighted by Gasteiger charge is -2.38. The minimum Gasteiger partial charge on any atom is -0.314 e. The maximum absolute atomic E-state index is 9.66. The molecule has 0 spiro atoms. The summed E-state index contributed by atoms with van der Waals surface area (Å²) in [6, 6.07) is 41.4. The van der Waals surface area contributed by atoms with Crippen molar-refractivity contribution >= 4 is 28.8 Å². The minimum atomic E-state index is -0.239. The van der Waals surface area contributed by atoms with Crippen molar-refractivity contribution in [2.45, 2.75) is 20.8 Å². The molecule has 42 heavy (non-hydrogen) atoms.